The molecule has 0 aromatic heterocycles. The summed E-state index contributed by atoms with van der Waals surface area (Å²) in [5.41, 5.74) is 1.50. The minimum atomic E-state index is -0.833. The molecule has 0 radical (unpaired) electrons. The first-order valence-electron chi connectivity index (χ1n) is 7.92. The molecule has 0 amide bonds. The lowest BCUT2D eigenvalue weighted by Crippen LogP contribution is -1.93. The van der Waals surface area contributed by atoms with E-state index in [4.69, 9.17) is 9.90 Å². The Morgan fingerprint density at radius 3 is 2.30 bits per heavy atom. The smallest absolute Gasteiger partial charge is 0.300 e. The van der Waals surface area contributed by atoms with Gasteiger partial charge in [-0.1, -0.05) is 75.3 Å². The highest BCUT2D eigenvalue weighted by atomic mass is 16.4. The van der Waals surface area contributed by atoms with Gasteiger partial charge in [0.1, 0.15) is 0 Å². The molecule has 1 fully saturated rings. The molecule has 2 rings (SSSR count). The van der Waals surface area contributed by atoms with Gasteiger partial charge in [0.05, 0.1) is 0 Å². The van der Waals surface area contributed by atoms with Crippen LogP contribution in [0.25, 0.3) is 0 Å². The van der Waals surface area contributed by atoms with E-state index in [0.29, 0.717) is 0 Å². The minimum absolute atomic E-state index is 0.833. The molecule has 2 nitrogen and oxygen atoms in total. The molecular weight excluding hydrogens is 248 g/mol. The molecule has 0 saturated heterocycles. The third kappa shape index (κ3) is 8.73. The quantitative estimate of drug-likeness (QED) is 0.736. The fourth-order valence-corrected chi connectivity index (χ4v) is 2.88. The molecule has 1 aliphatic rings. The minimum Gasteiger partial charge on any atom is -0.481 e. The van der Waals surface area contributed by atoms with Crippen molar-refractivity contribution in [1.29, 1.82) is 0 Å². The highest BCUT2D eigenvalue weighted by molar-refractivity contribution is 5.62. The second-order valence-electron chi connectivity index (χ2n) is 5.75. The monoisotopic (exact) mass is 276 g/mol. The molecule has 0 atom stereocenters. The average molecular weight is 276 g/mol. The fraction of sp³-hybridized carbons (Fsp3) is 0.611. The molecule has 0 bridgehead atoms. The number of carboxylic acids is 1. The van der Waals surface area contributed by atoms with E-state index in [9.17, 15) is 0 Å². The van der Waals surface area contributed by atoms with E-state index < -0.39 is 5.97 Å². The van der Waals surface area contributed by atoms with Crippen LogP contribution in [0.2, 0.25) is 0 Å². The Labute approximate surface area is 123 Å². The number of hydrogen-bond donors (Lipinski definition) is 1. The van der Waals surface area contributed by atoms with Crippen molar-refractivity contribution in [2.24, 2.45) is 5.92 Å². The zero-order valence-electron chi connectivity index (χ0n) is 12.7. The first-order chi connectivity index (χ1) is 9.68. The van der Waals surface area contributed by atoms with Crippen LogP contribution in [0.3, 0.4) is 0 Å². The second-order valence-corrected chi connectivity index (χ2v) is 5.75. The molecule has 1 saturated carbocycles. The van der Waals surface area contributed by atoms with Crippen LogP contribution < -0.4 is 0 Å². The van der Waals surface area contributed by atoms with Crippen LogP contribution in [-0.4, -0.2) is 11.1 Å². The summed E-state index contributed by atoms with van der Waals surface area (Å²) in [7, 11) is 0. The lowest BCUT2D eigenvalue weighted by molar-refractivity contribution is -0.134. The van der Waals surface area contributed by atoms with E-state index >= 15 is 0 Å². The zero-order chi connectivity index (χ0) is 14.6. The Hall–Kier alpha value is -1.31. The molecule has 20 heavy (non-hydrogen) atoms. The van der Waals surface area contributed by atoms with Crippen LogP contribution in [0.1, 0.15) is 63.9 Å². The van der Waals surface area contributed by atoms with Gasteiger partial charge in [-0.2, -0.15) is 0 Å². The van der Waals surface area contributed by atoms with Gasteiger partial charge in [0.25, 0.3) is 5.97 Å². The number of unbranched alkanes of at least 4 members (excludes halogenated alkanes) is 2. The van der Waals surface area contributed by atoms with Crippen LogP contribution >= 0.6 is 0 Å². The first kappa shape index (κ1) is 16.7. The van der Waals surface area contributed by atoms with Crippen molar-refractivity contribution in [3.63, 3.8) is 0 Å². The molecule has 1 aliphatic carbocycles. The number of aliphatic carboxylic acids is 1. The van der Waals surface area contributed by atoms with Crippen LogP contribution in [-0.2, 0) is 11.2 Å². The third-order valence-electron chi connectivity index (χ3n) is 3.90. The van der Waals surface area contributed by atoms with Crippen LogP contribution in [0, 0.1) is 5.92 Å². The first-order valence-corrected chi connectivity index (χ1v) is 7.92. The molecule has 0 spiro atoms. The predicted octanol–water partition coefficient (Wildman–Crippen LogP) is 5.07. The summed E-state index contributed by atoms with van der Waals surface area (Å²) in [5, 5.41) is 7.42. The normalized spacial score (nSPS) is 14.7. The fourth-order valence-electron chi connectivity index (χ4n) is 2.88. The van der Waals surface area contributed by atoms with Crippen molar-refractivity contribution < 1.29 is 9.90 Å². The number of carbonyl (C=O) groups is 1. The van der Waals surface area contributed by atoms with Gasteiger partial charge in [0.15, 0.2) is 0 Å². The summed E-state index contributed by atoms with van der Waals surface area (Å²) in [6.45, 7) is 1.08. The number of rotatable bonds is 6. The Morgan fingerprint density at radius 1 is 1.10 bits per heavy atom. The standard InChI is InChI=1S/C16H24.C2H4O2/c1-3-9-15(10-4-1)11-5-2-6-12-16-13-7-8-14-16;1-2(3)4/h1,3-4,9-10,16H,2,5-8,11-14H2;1H3,(H,3,4). The lowest BCUT2D eigenvalue weighted by atomic mass is 9.98. The highest BCUT2D eigenvalue weighted by Gasteiger charge is 2.13. The predicted molar refractivity (Wildman–Crippen MR) is 83.9 cm³/mol. The van der Waals surface area contributed by atoms with E-state index in [1.165, 1.54) is 63.4 Å². The van der Waals surface area contributed by atoms with Gasteiger partial charge in [-0.05, 0) is 24.3 Å². The molecule has 1 aromatic rings. The number of hydrogen-bond acceptors (Lipinski definition) is 1. The molecule has 1 N–H and O–H groups in total. The van der Waals surface area contributed by atoms with Gasteiger partial charge in [-0.25, -0.2) is 0 Å². The molecule has 112 valence electrons. The van der Waals surface area contributed by atoms with Crippen molar-refractivity contribution in [3.8, 4) is 0 Å². The topological polar surface area (TPSA) is 37.3 Å². The summed E-state index contributed by atoms with van der Waals surface area (Å²) >= 11 is 0. The van der Waals surface area contributed by atoms with E-state index in [-0.39, 0.29) is 0 Å². The number of carboxylic acid groups (broad SMARTS) is 1. The van der Waals surface area contributed by atoms with Gasteiger partial charge in [-0.3, -0.25) is 4.79 Å². The zero-order valence-corrected chi connectivity index (χ0v) is 12.7. The van der Waals surface area contributed by atoms with Gasteiger partial charge in [-0.15, -0.1) is 0 Å². The van der Waals surface area contributed by atoms with Crippen molar-refractivity contribution in [1.82, 2.24) is 0 Å². The summed E-state index contributed by atoms with van der Waals surface area (Å²) in [4.78, 5) is 9.00. The van der Waals surface area contributed by atoms with E-state index in [2.05, 4.69) is 30.3 Å². The third-order valence-corrected chi connectivity index (χ3v) is 3.90. The number of aryl methyl sites for hydroxylation is 1. The molecule has 2 heteroatoms. The Morgan fingerprint density at radius 2 is 1.70 bits per heavy atom. The maximum Gasteiger partial charge on any atom is 0.300 e. The highest BCUT2D eigenvalue weighted by Crippen LogP contribution is 2.29. The summed E-state index contributed by atoms with van der Waals surface area (Å²) in [6, 6.07) is 10.9. The summed E-state index contributed by atoms with van der Waals surface area (Å²) in [5.74, 6) is 0.247. The van der Waals surface area contributed by atoms with Crippen molar-refractivity contribution in [2.75, 3.05) is 0 Å². The van der Waals surface area contributed by atoms with Crippen LogP contribution in [0.15, 0.2) is 30.3 Å². The van der Waals surface area contributed by atoms with Crippen LogP contribution in [0.5, 0.6) is 0 Å². The van der Waals surface area contributed by atoms with E-state index in [0.717, 1.165) is 12.8 Å². The molecule has 1 aromatic carbocycles. The molecule has 0 unspecified atom stereocenters. The Kier molecular flexibility index (Phi) is 8.77. The van der Waals surface area contributed by atoms with Crippen LogP contribution in [0.4, 0.5) is 0 Å². The largest absolute Gasteiger partial charge is 0.481 e. The summed E-state index contributed by atoms with van der Waals surface area (Å²) < 4.78 is 0. The second kappa shape index (κ2) is 10.5. The number of benzene rings is 1. The van der Waals surface area contributed by atoms with Gasteiger partial charge in [0.2, 0.25) is 0 Å². The van der Waals surface area contributed by atoms with Crippen molar-refractivity contribution >= 4 is 5.97 Å². The average Bonchev–Trinajstić information content (AvgIpc) is 2.92. The van der Waals surface area contributed by atoms with Gasteiger partial charge >= 0.3 is 0 Å². The Balaban J connectivity index is 0.000000444. The van der Waals surface area contributed by atoms with Gasteiger partial charge < -0.3 is 5.11 Å². The molecular formula is C18H28O2. The van der Waals surface area contributed by atoms with Crippen molar-refractivity contribution in [2.45, 2.75) is 64.7 Å². The van der Waals surface area contributed by atoms with Crippen molar-refractivity contribution in [3.05, 3.63) is 35.9 Å². The maximum absolute atomic E-state index is 9.00. The van der Waals surface area contributed by atoms with E-state index in [1.807, 2.05) is 0 Å². The molecule has 0 aliphatic heterocycles. The Bertz CT molecular complexity index is 349. The summed E-state index contributed by atoms with van der Waals surface area (Å²) in [6.07, 6.45) is 13.0. The SMILES string of the molecule is CC(=O)O.c1ccc(CCCCCC2CCCC2)cc1. The lowest BCUT2D eigenvalue weighted by Gasteiger charge is -2.07. The van der Waals surface area contributed by atoms with Gasteiger partial charge in [0, 0.05) is 6.92 Å². The van der Waals surface area contributed by atoms with E-state index in [1.54, 1.807) is 0 Å². The maximum atomic E-state index is 9.00. The molecule has 0 heterocycles.